The summed E-state index contributed by atoms with van der Waals surface area (Å²) in [7, 11) is 0. The number of hydrogen-bond acceptors (Lipinski definition) is 8. The van der Waals surface area contributed by atoms with Crippen LogP contribution < -0.4 is 0 Å². The molecule has 3 saturated heterocycles. The molecule has 11 heteroatoms. The monoisotopic (exact) mass is 539 g/mol. The molecule has 0 aliphatic carbocycles. The highest BCUT2D eigenvalue weighted by atomic mass is 32.2. The van der Waals surface area contributed by atoms with Gasteiger partial charge >= 0.3 is 5.97 Å². The average molecular weight is 540 g/mol. The Morgan fingerprint density at radius 2 is 2.08 bits per heavy atom. The van der Waals surface area contributed by atoms with Crippen molar-refractivity contribution in [1.29, 1.82) is 0 Å². The van der Waals surface area contributed by atoms with Gasteiger partial charge in [-0.05, 0) is 38.8 Å². The van der Waals surface area contributed by atoms with Crippen molar-refractivity contribution in [2.24, 2.45) is 11.8 Å². The van der Waals surface area contributed by atoms with Crippen LogP contribution in [0.25, 0.3) is 11.0 Å². The fourth-order valence-electron chi connectivity index (χ4n) is 6.52. The van der Waals surface area contributed by atoms with Crippen molar-refractivity contribution in [2.45, 2.75) is 54.9 Å². The molecule has 38 heavy (non-hydrogen) atoms. The standard InChI is InChI=1S/C27H33N5O5S/c1-5-13-30(16-31-19-10-8-7-9-18(19)28-29-31)24(35)22-27-12-11-26(4,38-27)21(25(36)37-14-6-2)20(27)23(34)32(22)17(3)15-33/h5-10,17,20-22,33H,1-2,11-16H2,3-4H3/t17-,20+,21+,22?,26-,27?/m1/s1. The zero-order valence-corrected chi connectivity index (χ0v) is 22.5. The molecule has 3 aliphatic rings. The lowest BCUT2D eigenvalue weighted by Gasteiger charge is -2.38. The molecule has 6 atom stereocenters. The fourth-order valence-corrected chi connectivity index (χ4v) is 8.85. The van der Waals surface area contributed by atoms with E-state index < -0.39 is 39.4 Å². The number of carbonyl (C=O) groups excluding carboxylic acids is 3. The van der Waals surface area contributed by atoms with E-state index in [1.807, 2.05) is 31.2 Å². The highest BCUT2D eigenvalue weighted by molar-refractivity contribution is 8.02. The molecule has 3 aliphatic heterocycles. The maximum Gasteiger partial charge on any atom is 0.311 e. The minimum atomic E-state index is -0.860. The van der Waals surface area contributed by atoms with E-state index in [-0.39, 0.29) is 38.2 Å². The number of ether oxygens (including phenoxy) is 1. The molecule has 1 spiro atoms. The number of aliphatic hydroxyl groups excluding tert-OH is 1. The van der Waals surface area contributed by atoms with Gasteiger partial charge in [0, 0.05) is 11.3 Å². The van der Waals surface area contributed by atoms with Crippen LogP contribution in [0, 0.1) is 11.8 Å². The van der Waals surface area contributed by atoms with Gasteiger partial charge < -0.3 is 19.6 Å². The first-order chi connectivity index (χ1) is 18.2. The Labute approximate surface area is 225 Å². The molecule has 5 rings (SSSR count). The second kappa shape index (κ2) is 9.85. The Morgan fingerprint density at radius 1 is 1.32 bits per heavy atom. The molecular formula is C27H33N5O5S. The summed E-state index contributed by atoms with van der Waals surface area (Å²) >= 11 is 1.56. The number of likely N-dealkylation sites (tertiary alicyclic amines) is 1. The number of rotatable bonds is 10. The van der Waals surface area contributed by atoms with Crippen molar-refractivity contribution in [3.8, 4) is 0 Å². The zero-order valence-electron chi connectivity index (χ0n) is 21.7. The summed E-state index contributed by atoms with van der Waals surface area (Å²) in [5.74, 6) is -2.40. The lowest BCUT2D eigenvalue weighted by atomic mass is 9.66. The molecule has 1 N–H and O–H groups in total. The lowest BCUT2D eigenvalue weighted by molar-refractivity contribution is -0.155. The first-order valence-electron chi connectivity index (χ1n) is 12.8. The van der Waals surface area contributed by atoms with Crippen molar-refractivity contribution in [2.75, 3.05) is 19.8 Å². The minimum Gasteiger partial charge on any atom is -0.461 e. The Kier molecular flexibility index (Phi) is 6.85. The maximum atomic E-state index is 14.5. The normalized spacial score (nSPS) is 30.3. The van der Waals surface area contributed by atoms with E-state index >= 15 is 0 Å². The van der Waals surface area contributed by atoms with Crippen LogP contribution in [-0.4, -0.2) is 89.0 Å². The van der Waals surface area contributed by atoms with Gasteiger partial charge in [0.2, 0.25) is 11.8 Å². The Hall–Kier alpha value is -3.18. The van der Waals surface area contributed by atoms with E-state index in [1.54, 1.807) is 34.3 Å². The van der Waals surface area contributed by atoms with Gasteiger partial charge in [-0.2, -0.15) is 0 Å². The van der Waals surface area contributed by atoms with Crippen LogP contribution in [0.2, 0.25) is 0 Å². The number of amides is 2. The number of aromatic nitrogens is 3. The first kappa shape index (κ1) is 26.4. The predicted molar refractivity (Wildman–Crippen MR) is 143 cm³/mol. The summed E-state index contributed by atoms with van der Waals surface area (Å²) in [6.45, 7) is 11.3. The van der Waals surface area contributed by atoms with Crippen molar-refractivity contribution in [3.63, 3.8) is 0 Å². The predicted octanol–water partition coefficient (Wildman–Crippen LogP) is 1.99. The third-order valence-corrected chi connectivity index (χ3v) is 10.2. The molecule has 1 aromatic carbocycles. The molecule has 0 saturated carbocycles. The van der Waals surface area contributed by atoms with E-state index in [1.165, 1.54) is 11.0 Å². The molecule has 202 valence electrons. The SMILES string of the molecule is C=CCOC(=O)[C@@H]1[C@H]2C(=O)N([C@H](C)CO)C(C(=O)N(CC=C)Cn3nnc4ccccc43)C23CC[C@@]1(C)S3. The Morgan fingerprint density at radius 3 is 2.79 bits per heavy atom. The molecule has 2 aromatic rings. The third kappa shape index (κ3) is 3.86. The van der Waals surface area contributed by atoms with Gasteiger partial charge in [-0.1, -0.05) is 36.1 Å². The van der Waals surface area contributed by atoms with E-state index in [2.05, 4.69) is 23.5 Å². The van der Waals surface area contributed by atoms with Crippen LogP contribution in [0.5, 0.6) is 0 Å². The van der Waals surface area contributed by atoms with E-state index in [9.17, 15) is 19.5 Å². The molecule has 10 nitrogen and oxygen atoms in total. The number of para-hydroxylation sites is 1. The van der Waals surface area contributed by atoms with Crippen LogP contribution in [0.15, 0.2) is 49.6 Å². The third-order valence-electron chi connectivity index (χ3n) is 8.17. The molecular weight excluding hydrogens is 506 g/mol. The van der Waals surface area contributed by atoms with Gasteiger partial charge in [0.25, 0.3) is 0 Å². The number of nitrogens with zero attached hydrogens (tertiary/aromatic N) is 5. The molecule has 1 aromatic heterocycles. The number of benzene rings is 1. The Balaban J connectivity index is 1.55. The van der Waals surface area contributed by atoms with Gasteiger partial charge in [0.15, 0.2) is 0 Å². The quantitative estimate of drug-likeness (QED) is 0.360. The van der Waals surface area contributed by atoms with E-state index in [0.29, 0.717) is 18.4 Å². The van der Waals surface area contributed by atoms with Gasteiger partial charge in [-0.15, -0.1) is 23.4 Å². The summed E-state index contributed by atoms with van der Waals surface area (Å²) < 4.78 is 5.75. The summed E-state index contributed by atoms with van der Waals surface area (Å²) in [5, 5.41) is 18.5. The number of esters is 1. The topological polar surface area (TPSA) is 118 Å². The maximum absolute atomic E-state index is 14.5. The molecule has 2 bridgehead atoms. The van der Waals surface area contributed by atoms with Crippen LogP contribution in [-0.2, 0) is 25.8 Å². The first-order valence-corrected chi connectivity index (χ1v) is 13.6. The lowest BCUT2D eigenvalue weighted by Crippen LogP contribution is -2.57. The van der Waals surface area contributed by atoms with Crippen LogP contribution >= 0.6 is 11.8 Å². The van der Waals surface area contributed by atoms with Crippen molar-refractivity contribution in [3.05, 3.63) is 49.6 Å². The van der Waals surface area contributed by atoms with Crippen LogP contribution in [0.4, 0.5) is 0 Å². The molecule has 4 heterocycles. The van der Waals surface area contributed by atoms with Gasteiger partial charge in [0.05, 0.1) is 34.7 Å². The van der Waals surface area contributed by atoms with Gasteiger partial charge in [-0.3, -0.25) is 14.4 Å². The number of fused-ring (bicyclic) bond motifs is 2. The number of thioether (sulfide) groups is 1. The largest absolute Gasteiger partial charge is 0.461 e. The minimum absolute atomic E-state index is 0.0576. The smallest absolute Gasteiger partial charge is 0.311 e. The molecule has 3 fully saturated rings. The van der Waals surface area contributed by atoms with Gasteiger partial charge in [0.1, 0.15) is 24.8 Å². The number of hydrogen-bond donors (Lipinski definition) is 1. The van der Waals surface area contributed by atoms with Crippen LogP contribution in [0.3, 0.4) is 0 Å². The summed E-state index contributed by atoms with van der Waals surface area (Å²) in [6.07, 6.45) is 4.42. The number of carbonyl (C=O) groups is 3. The van der Waals surface area contributed by atoms with E-state index in [4.69, 9.17) is 4.74 Å². The molecule has 2 amide bonds. The molecule has 2 unspecified atom stereocenters. The average Bonchev–Trinajstić information content (AvgIpc) is 3.62. The second-order valence-corrected chi connectivity index (χ2v) is 12.4. The van der Waals surface area contributed by atoms with Gasteiger partial charge in [-0.25, -0.2) is 4.68 Å². The van der Waals surface area contributed by atoms with Crippen molar-refractivity contribution >= 4 is 40.6 Å². The van der Waals surface area contributed by atoms with Crippen molar-refractivity contribution in [1.82, 2.24) is 24.8 Å². The summed E-state index contributed by atoms with van der Waals surface area (Å²) in [4.78, 5) is 44.9. The van der Waals surface area contributed by atoms with Crippen LogP contribution in [0.1, 0.15) is 26.7 Å². The zero-order chi connectivity index (χ0) is 27.2. The van der Waals surface area contributed by atoms with Crippen molar-refractivity contribution < 1.29 is 24.2 Å². The summed E-state index contributed by atoms with van der Waals surface area (Å²) in [6, 6.07) is 6.02. The molecule has 0 radical (unpaired) electrons. The highest BCUT2D eigenvalue weighted by Crippen LogP contribution is 2.71. The van der Waals surface area contributed by atoms with E-state index in [0.717, 1.165) is 5.52 Å². The second-order valence-electron chi connectivity index (χ2n) is 10.5. The summed E-state index contributed by atoms with van der Waals surface area (Å²) in [5.41, 5.74) is 1.49. The highest BCUT2D eigenvalue weighted by Gasteiger charge is 2.78. The fraction of sp³-hybridized carbons (Fsp3) is 0.519. The Bertz CT molecular complexity index is 1300. The number of aliphatic hydroxyl groups is 1.